The van der Waals surface area contributed by atoms with Crippen molar-refractivity contribution in [3.63, 3.8) is 0 Å². The molecule has 0 saturated carbocycles. The third-order valence-corrected chi connectivity index (χ3v) is 4.44. The van der Waals surface area contributed by atoms with Crippen molar-refractivity contribution < 1.29 is 19.0 Å². The molecule has 9 nitrogen and oxygen atoms in total. The average molecular weight is 407 g/mol. The van der Waals surface area contributed by atoms with Gasteiger partial charge in [-0.25, -0.2) is 14.8 Å². The van der Waals surface area contributed by atoms with E-state index >= 15 is 0 Å². The lowest BCUT2D eigenvalue weighted by Gasteiger charge is -2.13. The first-order valence-electron chi connectivity index (χ1n) is 9.41. The maximum absolute atomic E-state index is 11.8. The average Bonchev–Trinajstić information content (AvgIpc) is 3.23. The second kappa shape index (κ2) is 8.56. The predicted molar refractivity (Wildman–Crippen MR) is 112 cm³/mol. The zero-order chi connectivity index (χ0) is 20.9. The van der Waals surface area contributed by atoms with Crippen molar-refractivity contribution in [3.05, 3.63) is 59.9 Å². The highest BCUT2D eigenvalue weighted by Crippen LogP contribution is 2.33. The first-order valence-corrected chi connectivity index (χ1v) is 9.41. The molecule has 0 aliphatic carbocycles. The van der Waals surface area contributed by atoms with E-state index in [1.54, 1.807) is 31.2 Å². The summed E-state index contributed by atoms with van der Waals surface area (Å²) in [6, 6.07) is 12.6. The summed E-state index contributed by atoms with van der Waals surface area (Å²) in [7, 11) is 0. The van der Waals surface area contributed by atoms with E-state index in [4.69, 9.17) is 19.9 Å². The summed E-state index contributed by atoms with van der Waals surface area (Å²) in [6.07, 6.45) is 1.42. The zero-order valence-corrected chi connectivity index (χ0v) is 16.3. The number of hydrogen-bond donors (Lipinski definition) is 3. The number of aromatic nitrogens is 2. The summed E-state index contributed by atoms with van der Waals surface area (Å²) in [5.41, 5.74) is 8.83. The van der Waals surface area contributed by atoms with Gasteiger partial charge in [0.25, 0.3) is 0 Å². The highest BCUT2D eigenvalue weighted by Gasteiger charge is 2.14. The van der Waals surface area contributed by atoms with Gasteiger partial charge in [-0.1, -0.05) is 6.07 Å². The Hall–Kier alpha value is -4.01. The third-order valence-electron chi connectivity index (χ3n) is 4.44. The normalized spacial score (nSPS) is 11.8. The summed E-state index contributed by atoms with van der Waals surface area (Å²) in [5.74, 6) is 2.07. The van der Waals surface area contributed by atoms with Crippen molar-refractivity contribution in [2.24, 2.45) is 0 Å². The third kappa shape index (κ3) is 4.19. The fourth-order valence-electron chi connectivity index (χ4n) is 2.91. The van der Waals surface area contributed by atoms with Crippen LogP contribution < -0.4 is 25.8 Å². The number of anilines is 4. The Morgan fingerprint density at radius 2 is 1.87 bits per heavy atom. The molecule has 4 rings (SSSR count). The van der Waals surface area contributed by atoms with E-state index in [2.05, 4.69) is 20.6 Å². The molecule has 0 saturated heterocycles. The van der Waals surface area contributed by atoms with Crippen molar-refractivity contribution in [2.75, 3.05) is 29.8 Å². The van der Waals surface area contributed by atoms with Crippen LogP contribution in [0.1, 0.15) is 22.8 Å². The fraction of sp³-hybridized carbons (Fsp3) is 0.190. The molecule has 0 fully saturated rings. The number of benzene rings is 2. The Labute approximate surface area is 173 Å². The maximum atomic E-state index is 11.8. The Balaban J connectivity index is 1.43. The molecule has 4 N–H and O–H groups in total. The van der Waals surface area contributed by atoms with Crippen LogP contribution in [0.25, 0.3) is 0 Å². The molecule has 0 radical (unpaired) electrons. The molecule has 1 aliphatic heterocycles. The van der Waals surface area contributed by atoms with Crippen molar-refractivity contribution in [3.8, 4) is 11.5 Å². The van der Waals surface area contributed by atoms with Crippen LogP contribution >= 0.6 is 0 Å². The first-order chi connectivity index (χ1) is 14.6. The van der Waals surface area contributed by atoms with Crippen molar-refractivity contribution in [1.82, 2.24) is 9.97 Å². The molecule has 1 aromatic heterocycles. The largest absolute Gasteiger partial charge is 0.462 e. The fourth-order valence-corrected chi connectivity index (χ4v) is 2.91. The van der Waals surface area contributed by atoms with E-state index in [1.807, 2.05) is 18.2 Å². The van der Waals surface area contributed by atoms with E-state index in [1.165, 1.54) is 6.33 Å². The van der Waals surface area contributed by atoms with Gasteiger partial charge in [-0.05, 0) is 48.9 Å². The number of nitrogens with two attached hydrogens (primary N) is 1. The van der Waals surface area contributed by atoms with E-state index in [9.17, 15) is 4.79 Å². The minimum atomic E-state index is -0.361. The van der Waals surface area contributed by atoms with Gasteiger partial charge >= 0.3 is 5.97 Å². The minimum absolute atomic E-state index is 0.237. The Bertz CT molecular complexity index is 1060. The van der Waals surface area contributed by atoms with Crippen molar-refractivity contribution in [2.45, 2.75) is 13.5 Å². The van der Waals surface area contributed by atoms with Crippen LogP contribution in [0.4, 0.5) is 23.0 Å². The summed E-state index contributed by atoms with van der Waals surface area (Å²) >= 11 is 0. The number of nitrogen functional groups attached to an aromatic ring is 1. The van der Waals surface area contributed by atoms with Crippen LogP contribution in [-0.2, 0) is 11.3 Å². The van der Waals surface area contributed by atoms with Crippen LogP contribution in [0.5, 0.6) is 11.5 Å². The van der Waals surface area contributed by atoms with Gasteiger partial charge in [0.1, 0.15) is 12.0 Å². The minimum Gasteiger partial charge on any atom is -0.462 e. The van der Waals surface area contributed by atoms with Crippen molar-refractivity contribution >= 4 is 29.0 Å². The molecular formula is C21H21N5O4. The molecule has 154 valence electrons. The smallest absolute Gasteiger partial charge is 0.338 e. The van der Waals surface area contributed by atoms with Crippen molar-refractivity contribution in [1.29, 1.82) is 0 Å². The SMILES string of the molecule is CCOC(=O)c1ccc(Nc2ncnc(NCc3ccc4c(c3)OCO4)c2N)cc1. The van der Waals surface area contributed by atoms with Crippen LogP contribution in [0.3, 0.4) is 0 Å². The highest BCUT2D eigenvalue weighted by molar-refractivity contribution is 5.90. The number of carbonyl (C=O) groups excluding carboxylic acids is 1. The van der Waals surface area contributed by atoms with Crippen LogP contribution in [0, 0.1) is 0 Å². The second-order valence-corrected chi connectivity index (χ2v) is 6.45. The van der Waals surface area contributed by atoms with E-state index in [0.29, 0.717) is 36.0 Å². The van der Waals surface area contributed by atoms with Gasteiger partial charge in [0.2, 0.25) is 6.79 Å². The lowest BCUT2D eigenvalue weighted by Crippen LogP contribution is -2.08. The number of nitrogens with one attached hydrogen (secondary N) is 2. The number of hydrogen-bond acceptors (Lipinski definition) is 9. The molecule has 30 heavy (non-hydrogen) atoms. The van der Waals surface area contributed by atoms with Gasteiger partial charge in [-0.3, -0.25) is 0 Å². The maximum Gasteiger partial charge on any atom is 0.338 e. The molecular weight excluding hydrogens is 386 g/mol. The summed E-state index contributed by atoms with van der Waals surface area (Å²) in [5, 5.41) is 6.35. The Morgan fingerprint density at radius 1 is 1.10 bits per heavy atom. The standard InChI is InChI=1S/C21H21N5O4/c1-2-28-21(27)14-4-6-15(7-5-14)26-20-18(22)19(24-11-25-20)23-10-13-3-8-16-17(9-13)30-12-29-16/h3-9,11H,2,10,12,22H2,1H3,(H2,23,24,25,26). The molecule has 0 bridgehead atoms. The monoisotopic (exact) mass is 407 g/mol. The predicted octanol–water partition coefficient (Wildman–Crippen LogP) is 3.32. The van der Waals surface area contributed by atoms with Gasteiger partial charge in [0.05, 0.1) is 12.2 Å². The molecule has 3 aromatic rings. The van der Waals surface area contributed by atoms with Gasteiger partial charge < -0.3 is 30.6 Å². The van der Waals surface area contributed by atoms with Gasteiger partial charge in [-0.15, -0.1) is 0 Å². The number of fused-ring (bicyclic) bond motifs is 1. The number of carbonyl (C=O) groups is 1. The molecule has 0 spiro atoms. The van der Waals surface area contributed by atoms with Crippen LogP contribution in [0.15, 0.2) is 48.8 Å². The quantitative estimate of drug-likeness (QED) is 0.506. The van der Waals surface area contributed by atoms with Gasteiger partial charge in [0.15, 0.2) is 23.1 Å². The van der Waals surface area contributed by atoms with Gasteiger partial charge in [0, 0.05) is 12.2 Å². The van der Waals surface area contributed by atoms with Gasteiger partial charge in [-0.2, -0.15) is 0 Å². The Kier molecular flexibility index (Phi) is 5.51. The zero-order valence-electron chi connectivity index (χ0n) is 16.3. The molecule has 0 amide bonds. The van der Waals surface area contributed by atoms with E-state index in [-0.39, 0.29) is 12.8 Å². The van der Waals surface area contributed by atoms with E-state index in [0.717, 1.165) is 22.7 Å². The summed E-state index contributed by atoms with van der Waals surface area (Å²) < 4.78 is 15.7. The lowest BCUT2D eigenvalue weighted by atomic mass is 10.2. The summed E-state index contributed by atoms with van der Waals surface area (Å²) in [4.78, 5) is 20.2. The molecule has 0 atom stereocenters. The van der Waals surface area contributed by atoms with E-state index < -0.39 is 0 Å². The molecule has 2 aromatic carbocycles. The van der Waals surface area contributed by atoms with Crippen LogP contribution in [-0.4, -0.2) is 29.3 Å². The number of nitrogens with zero attached hydrogens (tertiary/aromatic N) is 2. The van der Waals surface area contributed by atoms with Crippen LogP contribution in [0.2, 0.25) is 0 Å². The Morgan fingerprint density at radius 3 is 2.67 bits per heavy atom. The highest BCUT2D eigenvalue weighted by atomic mass is 16.7. The molecule has 2 heterocycles. The number of ether oxygens (including phenoxy) is 3. The lowest BCUT2D eigenvalue weighted by molar-refractivity contribution is 0.0526. The molecule has 1 aliphatic rings. The molecule has 0 unspecified atom stereocenters. The number of esters is 1. The second-order valence-electron chi connectivity index (χ2n) is 6.45. The summed E-state index contributed by atoms with van der Waals surface area (Å²) in [6.45, 7) is 2.84. The number of rotatable bonds is 7. The topological polar surface area (TPSA) is 121 Å². The first kappa shape index (κ1) is 19.3. The molecule has 9 heteroatoms.